The van der Waals surface area contributed by atoms with Crippen LogP contribution in [0.2, 0.25) is 0 Å². The molecule has 0 radical (unpaired) electrons. The zero-order chi connectivity index (χ0) is 22.7. The quantitative estimate of drug-likeness (QED) is 0.753. The molecule has 0 aliphatic carbocycles. The first-order valence-corrected chi connectivity index (χ1v) is 12.3. The zero-order valence-corrected chi connectivity index (χ0v) is 19.9. The molecule has 8 heteroatoms. The van der Waals surface area contributed by atoms with Crippen LogP contribution in [0.3, 0.4) is 0 Å². The molecule has 2 saturated heterocycles. The van der Waals surface area contributed by atoms with Gasteiger partial charge in [0.15, 0.2) is 0 Å². The number of fused-ring (bicyclic) bond motifs is 1. The molecule has 1 N–H and O–H groups in total. The summed E-state index contributed by atoms with van der Waals surface area (Å²) in [5.41, 5.74) is 2.13. The van der Waals surface area contributed by atoms with Gasteiger partial charge in [0.25, 0.3) is 0 Å². The molecule has 0 aromatic carbocycles. The molecule has 1 atom stereocenters. The van der Waals surface area contributed by atoms with Crippen molar-refractivity contribution in [1.82, 2.24) is 24.7 Å². The highest BCUT2D eigenvalue weighted by Crippen LogP contribution is 2.30. The molecule has 4 heterocycles. The third-order valence-corrected chi connectivity index (χ3v) is 7.36. The molecule has 176 valence electrons. The van der Waals surface area contributed by atoms with E-state index in [1.807, 2.05) is 16.8 Å². The molecule has 0 saturated carbocycles. The van der Waals surface area contributed by atoms with Crippen LogP contribution in [0.5, 0.6) is 0 Å². The summed E-state index contributed by atoms with van der Waals surface area (Å²) in [7, 11) is 1.89. The van der Waals surface area contributed by atoms with E-state index in [1.54, 1.807) is 6.92 Å². The normalized spacial score (nSPS) is 22.5. The molecule has 2 fully saturated rings. The molecule has 1 unspecified atom stereocenters. The van der Waals surface area contributed by atoms with E-state index >= 15 is 0 Å². The van der Waals surface area contributed by atoms with Crippen molar-refractivity contribution in [2.45, 2.75) is 64.8 Å². The highest BCUT2D eigenvalue weighted by molar-refractivity contribution is 5.77. The lowest BCUT2D eigenvalue weighted by Gasteiger charge is -2.34. The van der Waals surface area contributed by atoms with Gasteiger partial charge >= 0.3 is 0 Å². The van der Waals surface area contributed by atoms with E-state index in [2.05, 4.69) is 17.1 Å². The van der Waals surface area contributed by atoms with E-state index in [0.717, 1.165) is 87.3 Å². The number of nitrogens with zero attached hydrogens (tertiary/aromatic N) is 5. The Balaban J connectivity index is 1.38. The van der Waals surface area contributed by atoms with E-state index in [1.165, 1.54) is 12.8 Å². The Morgan fingerprint density at radius 2 is 1.84 bits per heavy atom. The number of likely N-dealkylation sites (tertiary alicyclic amines) is 2. The first kappa shape index (κ1) is 23.0. The van der Waals surface area contributed by atoms with Gasteiger partial charge in [0.05, 0.1) is 12.2 Å². The topological polar surface area (TPSA) is 81.7 Å². The minimum atomic E-state index is 0.144. The number of hydrogen-bond acceptors (Lipinski definition) is 6. The molecule has 32 heavy (non-hydrogen) atoms. The summed E-state index contributed by atoms with van der Waals surface area (Å²) in [6, 6.07) is 0. The number of carbonyl (C=O) groups excluding carboxylic acids is 2. The number of aromatic nitrogens is 2. The van der Waals surface area contributed by atoms with Gasteiger partial charge in [-0.25, -0.2) is 9.97 Å². The summed E-state index contributed by atoms with van der Waals surface area (Å²) >= 11 is 0. The van der Waals surface area contributed by atoms with Gasteiger partial charge in [-0.1, -0.05) is 6.92 Å². The SMILES string of the molecule is CNc1nc(C2CCN(C(C)=O)CC2)nc2c1CN(C(=O)CCN1CCCC(C)C1)CC2. The van der Waals surface area contributed by atoms with Crippen molar-refractivity contribution >= 4 is 17.6 Å². The van der Waals surface area contributed by atoms with Crippen molar-refractivity contribution in [3.05, 3.63) is 17.1 Å². The van der Waals surface area contributed by atoms with Crippen molar-refractivity contribution in [2.24, 2.45) is 5.92 Å². The Kier molecular flexibility index (Phi) is 7.28. The Morgan fingerprint density at radius 1 is 1.06 bits per heavy atom. The van der Waals surface area contributed by atoms with E-state index in [9.17, 15) is 9.59 Å². The zero-order valence-electron chi connectivity index (χ0n) is 19.9. The van der Waals surface area contributed by atoms with E-state index in [-0.39, 0.29) is 17.7 Å². The van der Waals surface area contributed by atoms with Crippen LogP contribution >= 0.6 is 0 Å². The minimum Gasteiger partial charge on any atom is -0.373 e. The Hall–Kier alpha value is -2.22. The van der Waals surface area contributed by atoms with Crippen LogP contribution in [0, 0.1) is 5.92 Å². The molecule has 2 amide bonds. The molecular weight excluding hydrogens is 404 g/mol. The Morgan fingerprint density at radius 3 is 2.53 bits per heavy atom. The fraction of sp³-hybridized carbons (Fsp3) is 0.750. The smallest absolute Gasteiger partial charge is 0.224 e. The molecule has 4 rings (SSSR count). The van der Waals surface area contributed by atoms with Crippen molar-refractivity contribution in [3.8, 4) is 0 Å². The van der Waals surface area contributed by atoms with E-state index in [4.69, 9.17) is 9.97 Å². The molecule has 3 aliphatic heterocycles. The first-order valence-electron chi connectivity index (χ1n) is 12.3. The van der Waals surface area contributed by atoms with Crippen LogP contribution < -0.4 is 5.32 Å². The molecule has 1 aromatic heterocycles. The van der Waals surface area contributed by atoms with Crippen molar-refractivity contribution in [2.75, 3.05) is 51.6 Å². The average Bonchev–Trinajstić information content (AvgIpc) is 2.81. The molecule has 0 bridgehead atoms. The fourth-order valence-electron chi connectivity index (χ4n) is 5.39. The van der Waals surface area contributed by atoms with Crippen LogP contribution in [0.1, 0.15) is 69.0 Å². The Bertz CT molecular complexity index is 819. The molecule has 0 spiro atoms. The summed E-state index contributed by atoms with van der Waals surface area (Å²) in [6.45, 7) is 9.88. The number of carbonyl (C=O) groups is 2. The first-order chi connectivity index (χ1) is 15.4. The van der Waals surface area contributed by atoms with Crippen molar-refractivity contribution < 1.29 is 9.59 Å². The highest BCUT2D eigenvalue weighted by atomic mass is 16.2. The second kappa shape index (κ2) is 10.1. The molecule has 1 aromatic rings. The highest BCUT2D eigenvalue weighted by Gasteiger charge is 2.29. The van der Waals surface area contributed by atoms with Gasteiger partial charge in [0, 0.05) is 71.0 Å². The Labute approximate surface area is 191 Å². The summed E-state index contributed by atoms with van der Waals surface area (Å²) in [5, 5.41) is 3.25. The maximum atomic E-state index is 12.9. The van der Waals surface area contributed by atoms with Gasteiger partial charge in [-0.15, -0.1) is 0 Å². The number of anilines is 1. The van der Waals surface area contributed by atoms with Crippen LogP contribution in [0.25, 0.3) is 0 Å². The lowest BCUT2D eigenvalue weighted by Crippen LogP contribution is -2.41. The minimum absolute atomic E-state index is 0.144. The molecule has 8 nitrogen and oxygen atoms in total. The number of hydrogen-bond donors (Lipinski definition) is 1. The summed E-state index contributed by atoms with van der Waals surface area (Å²) in [6.07, 6.45) is 5.72. The summed E-state index contributed by atoms with van der Waals surface area (Å²) < 4.78 is 0. The fourth-order valence-corrected chi connectivity index (χ4v) is 5.39. The lowest BCUT2D eigenvalue weighted by molar-refractivity contribution is -0.132. The third-order valence-electron chi connectivity index (χ3n) is 7.36. The van der Waals surface area contributed by atoms with Crippen molar-refractivity contribution in [3.63, 3.8) is 0 Å². The van der Waals surface area contributed by atoms with Gasteiger partial charge in [-0.05, 0) is 38.1 Å². The van der Waals surface area contributed by atoms with Crippen LogP contribution in [0.4, 0.5) is 5.82 Å². The van der Waals surface area contributed by atoms with E-state index in [0.29, 0.717) is 13.0 Å². The number of rotatable bonds is 5. The largest absolute Gasteiger partial charge is 0.373 e. The summed E-state index contributed by atoms with van der Waals surface area (Å²) in [5.74, 6) is 3.13. The molecule has 3 aliphatic rings. The number of piperidine rings is 2. The predicted molar refractivity (Wildman–Crippen MR) is 124 cm³/mol. The van der Waals surface area contributed by atoms with Gasteiger partial charge in [-0.3, -0.25) is 9.59 Å². The van der Waals surface area contributed by atoms with Gasteiger partial charge in [-0.2, -0.15) is 0 Å². The van der Waals surface area contributed by atoms with Crippen LogP contribution in [-0.2, 0) is 22.6 Å². The van der Waals surface area contributed by atoms with Crippen LogP contribution in [-0.4, -0.2) is 82.8 Å². The second-order valence-corrected chi connectivity index (χ2v) is 9.75. The lowest BCUT2D eigenvalue weighted by atomic mass is 9.95. The van der Waals surface area contributed by atoms with Gasteiger partial charge in [0.2, 0.25) is 11.8 Å². The van der Waals surface area contributed by atoms with Gasteiger partial charge < -0.3 is 20.0 Å². The predicted octanol–water partition coefficient (Wildman–Crippen LogP) is 2.25. The van der Waals surface area contributed by atoms with Crippen molar-refractivity contribution in [1.29, 1.82) is 0 Å². The summed E-state index contributed by atoms with van der Waals surface area (Å²) in [4.78, 5) is 40.7. The second-order valence-electron chi connectivity index (χ2n) is 9.75. The maximum absolute atomic E-state index is 12.9. The maximum Gasteiger partial charge on any atom is 0.224 e. The average molecular weight is 443 g/mol. The monoisotopic (exact) mass is 442 g/mol. The standard InChI is InChI=1S/C24H38N6O2/c1-17-5-4-10-28(15-17)11-9-22(32)30-14-8-21-20(16-30)24(25-3)27-23(26-21)19-6-12-29(13-7-19)18(2)31/h17,19H,4-16H2,1-3H3,(H,25,26,27). The molecular formula is C24H38N6O2. The van der Waals surface area contributed by atoms with Crippen LogP contribution in [0.15, 0.2) is 0 Å². The van der Waals surface area contributed by atoms with Gasteiger partial charge in [0.1, 0.15) is 11.6 Å². The number of nitrogens with one attached hydrogen (secondary N) is 1. The third kappa shape index (κ3) is 5.22. The number of amides is 2. The van der Waals surface area contributed by atoms with E-state index < -0.39 is 0 Å².